The van der Waals surface area contributed by atoms with Crippen molar-refractivity contribution in [3.05, 3.63) is 35.6 Å². The fourth-order valence-corrected chi connectivity index (χ4v) is 3.12. The van der Waals surface area contributed by atoms with Crippen molar-refractivity contribution < 1.29 is 9.15 Å². The predicted octanol–water partition coefficient (Wildman–Crippen LogP) is 3.96. The summed E-state index contributed by atoms with van der Waals surface area (Å²) >= 11 is 0. The van der Waals surface area contributed by atoms with Crippen LogP contribution in [0.3, 0.4) is 0 Å². The molecule has 3 nitrogen and oxygen atoms in total. The molecule has 1 aliphatic rings. The molecule has 0 aliphatic carbocycles. The molecule has 1 aliphatic heterocycles. The molecule has 0 saturated carbocycles. The summed E-state index contributed by atoms with van der Waals surface area (Å²) in [5.41, 5.74) is 2.20. The molecular formula is C17H23NO2. The van der Waals surface area contributed by atoms with E-state index in [4.69, 9.17) is 9.15 Å². The van der Waals surface area contributed by atoms with Gasteiger partial charge < -0.3 is 14.5 Å². The highest BCUT2D eigenvalue weighted by Crippen LogP contribution is 2.36. The number of nitrogens with one attached hydrogen (secondary N) is 1. The topological polar surface area (TPSA) is 34.4 Å². The van der Waals surface area contributed by atoms with Crippen LogP contribution in [0.2, 0.25) is 0 Å². The molecule has 1 N–H and O–H groups in total. The van der Waals surface area contributed by atoms with E-state index in [1.165, 1.54) is 17.4 Å². The Hall–Kier alpha value is -1.32. The van der Waals surface area contributed by atoms with Gasteiger partial charge in [-0.05, 0) is 38.8 Å². The van der Waals surface area contributed by atoms with Gasteiger partial charge in [0, 0.05) is 23.6 Å². The third-order valence-electron chi connectivity index (χ3n) is 4.11. The molecular weight excluding hydrogens is 250 g/mol. The van der Waals surface area contributed by atoms with Gasteiger partial charge in [-0.2, -0.15) is 0 Å². The maximum absolute atomic E-state index is 6.02. The summed E-state index contributed by atoms with van der Waals surface area (Å²) in [5.74, 6) is 0.993. The Morgan fingerprint density at radius 2 is 2.15 bits per heavy atom. The van der Waals surface area contributed by atoms with E-state index >= 15 is 0 Å². The lowest BCUT2D eigenvalue weighted by atomic mass is 9.95. The Morgan fingerprint density at radius 1 is 1.30 bits per heavy atom. The fraction of sp³-hybridized carbons (Fsp3) is 0.529. The fourth-order valence-electron chi connectivity index (χ4n) is 3.12. The zero-order valence-corrected chi connectivity index (χ0v) is 12.3. The van der Waals surface area contributed by atoms with E-state index in [0.29, 0.717) is 6.04 Å². The summed E-state index contributed by atoms with van der Waals surface area (Å²) in [6.07, 6.45) is 3.47. The van der Waals surface area contributed by atoms with Gasteiger partial charge in [0.15, 0.2) is 0 Å². The van der Waals surface area contributed by atoms with Crippen LogP contribution < -0.4 is 5.32 Å². The largest absolute Gasteiger partial charge is 0.461 e. The minimum absolute atomic E-state index is 0.154. The highest BCUT2D eigenvalue weighted by molar-refractivity contribution is 5.82. The van der Waals surface area contributed by atoms with E-state index in [1.807, 2.05) is 19.1 Å². The number of ether oxygens (including phenoxy) is 1. The van der Waals surface area contributed by atoms with Crippen molar-refractivity contribution in [2.24, 2.45) is 0 Å². The van der Waals surface area contributed by atoms with Crippen molar-refractivity contribution in [2.45, 2.75) is 45.3 Å². The number of fused-ring (bicyclic) bond motifs is 1. The van der Waals surface area contributed by atoms with Gasteiger partial charge in [0.1, 0.15) is 11.3 Å². The molecule has 2 atom stereocenters. The Morgan fingerprint density at radius 3 is 3.00 bits per heavy atom. The van der Waals surface area contributed by atoms with Gasteiger partial charge in [-0.15, -0.1) is 0 Å². The van der Waals surface area contributed by atoms with Crippen LogP contribution in [0.15, 0.2) is 28.7 Å². The minimum Gasteiger partial charge on any atom is -0.461 e. The number of furan rings is 1. The number of para-hydroxylation sites is 1. The second-order valence-corrected chi connectivity index (χ2v) is 5.60. The van der Waals surface area contributed by atoms with Crippen LogP contribution in [0.5, 0.6) is 0 Å². The first-order chi connectivity index (χ1) is 9.79. The van der Waals surface area contributed by atoms with Crippen molar-refractivity contribution >= 4 is 11.0 Å². The lowest BCUT2D eigenvalue weighted by Gasteiger charge is -2.30. The molecule has 1 aromatic heterocycles. The van der Waals surface area contributed by atoms with Crippen LogP contribution in [0.4, 0.5) is 0 Å². The minimum atomic E-state index is 0.154. The van der Waals surface area contributed by atoms with E-state index in [2.05, 4.69) is 24.4 Å². The molecule has 1 aromatic carbocycles. The molecule has 0 radical (unpaired) electrons. The summed E-state index contributed by atoms with van der Waals surface area (Å²) in [7, 11) is 0. The number of benzene rings is 1. The van der Waals surface area contributed by atoms with E-state index in [1.54, 1.807) is 0 Å². The van der Waals surface area contributed by atoms with Crippen LogP contribution in [0.1, 0.15) is 43.6 Å². The normalized spacial score (nSPS) is 23.3. The Kier molecular flexibility index (Phi) is 4.08. The average Bonchev–Trinajstić information content (AvgIpc) is 2.81. The van der Waals surface area contributed by atoms with E-state index in [-0.39, 0.29) is 6.10 Å². The Labute approximate surface area is 120 Å². The summed E-state index contributed by atoms with van der Waals surface area (Å²) in [6, 6.07) is 8.80. The number of hydrogen-bond donors (Lipinski definition) is 1. The smallest absolute Gasteiger partial charge is 0.134 e. The highest BCUT2D eigenvalue weighted by Gasteiger charge is 2.27. The van der Waals surface area contributed by atoms with Crippen molar-refractivity contribution in [2.75, 3.05) is 13.2 Å². The van der Waals surface area contributed by atoms with Crippen LogP contribution in [0, 0.1) is 6.92 Å². The monoisotopic (exact) mass is 273 g/mol. The maximum Gasteiger partial charge on any atom is 0.134 e. The van der Waals surface area contributed by atoms with Crippen molar-refractivity contribution in [3.8, 4) is 0 Å². The molecule has 2 unspecified atom stereocenters. The van der Waals surface area contributed by atoms with Crippen molar-refractivity contribution in [3.63, 3.8) is 0 Å². The van der Waals surface area contributed by atoms with Gasteiger partial charge in [-0.25, -0.2) is 0 Å². The third-order valence-corrected chi connectivity index (χ3v) is 4.11. The van der Waals surface area contributed by atoms with Crippen LogP contribution >= 0.6 is 0 Å². The van der Waals surface area contributed by atoms with E-state index in [0.717, 1.165) is 37.3 Å². The first kappa shape index (κ1) is 13.7. The quantitative estimate of drug-likeness (QED) is 0.915. The predicted molar refractivity (Wildman–Crippen MR) is 81.0 cm³/mol. The van der Waals surface area contributed by atoms with E-state index < -0.39 is 0 Å². The maximum atomic E-state index is 6.02. The molecule has 20 heavy (non-hydrogen) atoms. The molecule has 1 saturated heterocycles. The van der Waals surface area contributed by atoms with Gasteiger partial charge in [-0.1, -0.05) is 25.1 Å². The first-order valence-corrected chi connectivity index (χ1v) is 7.62. The second kappa shape index (κ2) is 5.98. The molecule has 0 amide bonds. The zero-order chi connectivity index (χ0) is 13.9. The third kappa shape index (κ3) is 2.60. The molecule has 3 heteroatoms. The summed E-state index contributed by atoms with van der Waals surface area (Å²) in [5, 5.41) is 4.82. The van der Waals surface area contributed by atoms with E-state index in [9.17, 15) is 0 Å². The highest BCUT2D eigenvalue weighted by atomic mass is 16.5. The van der Waals surface area contributed by atoms with Crippen LogP contribution in [-0.2, 0) is 4.74 Å². The standard InChI is InChI=1S/C17H23NO2/c1-3-9-18-13-8-10-19-16(11-13)17-12(2)20-15-7-5-4-6-14(15)17/h4-7,13,16,18H,3,8-11H2,1-2H3. The molecule has 1 fully saturated rings. The lowest BCUT2D eigenvalue weighted by Crippen LogP contribution is -2.36. The summed E-state index contributed by atoms with van der Waals surface area (Å²) in [4.78, 5) is 0. The van der Waals surface area contributed by atoms with Gasteiger partial charge in [-0.3, -0.25) is 0 Å². The van der Waals surface area contributed by atoms with Gasteiger partial charge in [0.25, 0.3) is 0 Å². The second-order valence-electron chi connectivity index (χ2n) is 5.60. The van der Waals surface area contributed by atoms with Gasteiger partial charge >= 0.3 is 0 Å². The molecule has 0 bridgehead atoms. The Bertz CT molecular complexity index is 575. The lowest BCUT2D eigenvalue weighted by molar-refractivity contribution is 0.000332. The number of hydrogen-bond acceptors (Lipinski definition) is 3. The van der Waals surface area contributed by atoms with Gasteiger partial charge in [0.2, 0.25) is 0 Å². The van der Waals surface area contributed by atoms with Crippen LogP contribution in [0.25, 0.3) is 11.0 Å². The van der Waals surface area contributed by atoms with Crippen molar-refractivity contribution in [1.29, 1.82) is 0 Å². The molecule has 0 spiro atoms. The first-order valence-electron chi connectivity index (χ1n) is 7.62. The van der Waals surface area contributed by atoms with Gasteiger partial charge in [0.05, 0.1) is 6.10 Å². The molecule has 3 rings (SSSR count). The van der Waals surface area contributed by atoms with Crippen LogP contribution in [-0.4, -0.2) is 19.2 Å². The SMILES string of the molecule is CCCNC1CCOC(c2c(C)oc3ccccc23)C1. The number of rotatable bonds is 4. The number of aryl methyl sites for hydroxylation is 1. The zero-order valence-electron chi connectivity index (χ0n) is 12.3. The average molecular weight is 273 g/mol. The summed E-state index contributed by atoms with van der Waals surface area (Å²) < 4.78 is 11.9. The summed E-state index contributed by atoms with van der Waals surface area (Å²) in [6.45, 7) is 6.16. The molecule has 2 aromatic rings. The van der Waals surface area contributed by atoms with Crippen molar-refractivity contribution in [1.82, 2.24) is 5.32 Å². The molecule has 2 heterocycles. The molecule has 108 valence electrons. The Balaban J connectivity index is 1.85.